The number of halogens is 3. The molecule has 1 aliphatic rings. The number of ether oxygens (including phenoxy) is 1. The average molecular weight is 577 g/mol. The van der Waals surface area contributed by atoms with Crippen LogP contribution in [0.5, 0.6) is 0 Å². The Bertz CT molecular complexity index is 874. The predicted octanol–water partition coefficient (Wildman–Crippen LogP) is 2.76. The summed E-state index contributed by atoms with van der Waals surface area (Å²) in [6, 6.07) is 3.25. The van der Waals surface area contributed by atoms with Crippen molar-refractivity contribution in [2.75, 3.05) is 45.9 Å². The fourth-order valence-electron chi connectivity index (χ4n) is 3.63. The summed E-state index contributed by atoms with van der Waals surface area (Å²) in [5, 5.41) is 14.6. The SMILES string of the molecule is CCc1nncn1CCNC(=NCCCN1CCOCC1)NC(C)c1ccc(F)cc1F.I. The van der Waals surface area contributed by atoms with Crippen LogP contribution in [0.25, 0.3) is 0 Å². The average Bonchev–Trinajstić information content (AvgIpc) is 3.24. The maximum atomic E-state index is 14.2. The van der Waals surface area contributed by atoms with Crippen molar-refractivity contribution >= 4 is 29.9 Å². The van der Waals surface area contributed by atoms with E-state index in [2.05, 4.69) is 30.7 Å². The Balaban J connectivity index is 0.00000385. The Morgan fingerprint density at radius 3 is 2.76 bits per heavy atom. The van der Waals surface area contributed by atoms with Gasteiger partial charge in [-0.3, -0.25) is 9.89 Å². The zero-order valence-corrected chi connectivity index (χ0v) is 21.6. The third kappa shape index (κ3) is 8.78. The second-order valence-corrected chi connectivity index (χ2v) is 7.79. The van der Waals surface area contributed by atoms with Gasteiger partial charge in [0.05, 0.1) is 19.3 Å². The number of nitrogens with zero attached hydrogens (tertiary/aromatic N) is 5. The second-order valence-electron chi connectivity index (χ2n) is 7.79. The topological polar surface area (TPSA) is 79.6 Å². The Labute approximate surface area is 211 Å². The number of morpholine rings is 1. The van der Waals surface area contributed by atoms with Gasteiger partial charge in [0.2, 0.25) is 0 Å². The number of hydrogen-bond donors (Lipinski definition) is 2. The maximum Gasteiger partial charge on any atom is 0.191 e. The molecule has 1 aromatic carbocycles. The first kappa shape index (κ1) is 27.4. The number of nitrogens with one attached hydrogen (secondary N) is 2. The van der Waals surface area contributed by atoms with E-state index < -0.39 is 11.6 Å². The van der Waals surface area contributed by atoms with Crippen LogP contribution in [0.1, 0.15) is 37.7 Å². The molecule has 0 saturated carbocycles. The first-order valence-corrected chi connectivity index (χ1v) is 11.2. The van der Waals surface area contributed by atoms with Crippen LogP contribution in [0.2, 0.25) is 0 Å². The number of aromatic nitrogens is 3. The Kier molecular flexibility index (Phi) is 12.0. The van der Waals surface area contributed by atoms with Crippen LogP contribution >= 0.6 is 24.0 Å². The predicted molar refractivity (Wildman–Crippen MR) is 135 cm³/mol. The van der Waals surface area contributed by atoms with Crippen molar-refractivity contribution < 1.29 is 13.5 Å². The minimum atomic E-state index is -0.589. The Morgan fingerprint density at radius 1 is 1.24 bits per heavy atom. The minimum Gasteiger partial charge on any atom is -0.379 e. The third-order valence-electron chi connectivity index (χ3n) is 5.45. The largest absolute Gasteiger partial charge is 0.379 e. The van der Waals surface area contributed by atoms with Gasteiger partial charge in [0.25, 0.3) is 0 Å². The molecule has 33 heavy (non-hydrogen) atoms. The van der Waals surface area contributed by atoms with Crippen LogP contribution in [-0.2, 0) is 17.7 Å². The molecule has 1 unspecified atom stereocenters. The van der Waals surface area contributed by atoms with Crippen LogP contribution in [-0.4, -0.2) is 71.6 Å². The summed E-state index contributed by atoms with van der Waals surface area (Å²) in [5.41, 5.74) is 0.390. The molecule has 0 bridgehead atoms. The van der Waals surface area contributed by atoms with Gasteiger partial charge in [-0.2, -0.15) is 0 Å². The van der Waals surface area contributed by atoms with E-state index in [1.54, 1.807) is 6.33 Å². The van der Waals surface area contributed by atoms with Crippen LogP contribution in [0.15, 0.2) is 29.5 Å². The van der Waals surface area contributed by atoms with E-state index >= 15 is 0 Å². The number of benzene rings is 1. The number of rotatable bonds is 10. The van der Waals surface area contributed by atoms with E-state index in [0.29, 0.717) is 31.2 Å². The molecule has 0 aliphatic carbocycles. The molecule has 0 radical (unpaired) electrons. The lowest BCUT2D eigenvalue weighted by Crippen LogP contribution is -2.41. The number of hydrogen-bond acceptors (Lipinski definition) is 5. The van der Waals surface area contributed by atoms with Gasteiger partial charge >= 0.3 is 0 Å². The van der Waals surface area contributed by atoms with Gasteiger partial charge in [0.15, 0.2) is 5.96 Å². The highest BCUT2D eigenvalue weighted by atomic mass is 127. The van der Waals surface area contributed by atoms with Crippen molar-refractivity contribution in [3.63, 3.8) is 0 Å². The summed E-state index contributed by atoms with van der Waals surface area (Å²) in [6.07, 6.45) is 3.43. The third-order valence-corrected chi connectivity index (χ3v) is 5.45. The molecule has 8 nitrogen and oxygen atoms in total. The molecule has 2 heterocycles. The van der Waals surface area contributed by atoms with E-state index in [9.17, 15) is 8.78 Å². The van der Waals surface area contributed by atoms with Crippen molar-refractivity contribution in [2.45, 2.75) is 39.3 Å². The lowest BCUT2D eigenvalue weighted by molar-refractivity contribution is 0.0377. The second kappa shape index (κ2) is 14.4. The maximum absolute atomic E-state index is 14.2. The molecule has 1 atom stereocenters. The van der Waals surface area contributed by atoms with Crippen LogP contribution in [0.4, 0.5) is 8.78 Å². The lowest BCUT2D eigenvalue weighted by atomic mass is 10.1. The number of guanidine groups is 1. The van der Waals surface area contributed by atoms with Crippen molar-refractivity contribution in [3.05, 3.63) is 47.5 Å². The Hall–Kier alpha value is -1.86. The molecule has 0 spiro atoms. The summed E-state index contributed by atoms with van der Waals surface area (Å²) >= 11 is 0. The highest BCUT2D eigenvalue weighted by Crippen LogP contribution is 2.17. The number of aliphatic imine (C=N–C) groups is 1. The fourth-order valence-corrected chi connectivity index (χ4v) is 3.63. The standard InChI is InChI=1S/C22H33F2N7O.HI/c1-3-21-29-27-16-31(21)10-8-26-22(25-7-4-9-30-11-13-32-14-12-30)28-17(2)19-6-5-18(23)15-20(19)24;/h5-6,15-17H,3-4,7-14H2,1-2H3,(H2,25,26,28);1H. The Morgan fingerprint density at radius 2 is 2.03 bits per heavy atom. The van der Waals surface area contributed by atoms with Crippen molar-refractivity contribution in [3.8, 4) is 0 Å². The fraction of sp³-hybridized carbons (Fsp3) is 0.591. The van der Waals surface area contributed by atoms with E-state index in [1.807, 2.05) is 18.4 Å². The highest BCUT2D eigenvalue weighted by molar-refractivity contribution is 14.0. The first-order chi connectivity index (χ1) is 15.6. The lowest BCUT2D eigenvalue weighted by Gasteiger charge is -2.26. The smallest absolute Gasteiger partial charge is 0.191 e. The van der Waals surface area contributed by atoms with Crippen molar-refractivity contribution in [1.29, 1.82) is 0 Å². The molecule has 3 rings (SSSR count). The molecule has 1 saturated heterocycles. The van der Waals surface area contributed by atoms with E-state index in [0.717, 1.165) is 57.6 Å². The van der Waals surface area contributed by atoms with E-state index in [4.69, 9.17) is 4.74 Å². The zero-order valence-electron chi connectivity index (χ0n) is 19.3. The first-order valence-electron chi connectivity index (χ1n) is 11.2. The van der Waals surface area contributed by atoms with Gasteiger partial charge < -0.3 is 19.9 Å². The zero-order chi connectivity index (χ0) is 22.8. The quantitative estimate of drug-likeness (QED) is 0.196. The molecule has 1 aliphatic heterocycles. The molecular weight excluding hydrogens is 543 g/mol. The summed E-state index contributed by atoms with van der Waals surface area (Å²) in [5.74, 6) is 0.350. The molecule has 0 amide bonds. The molecule has 184 valence electrons. The van der Waals surface area contributed by atoms with E-state index in [-0.39, 0.29) is 30.0 Å². The van der Waals surface area contributed by atoms with E-state index in [1.165, 1.54) is 12.1 Å². The van der Waals surface area contributed by atoms with Gasteiger partial charge in [-0.1, -0.05) is 13.0 Å². The molecule has 1 aromatic heterocycles. The highest BCUT2D eigenvalue weighted by Gasteiger charge is 2.14. The summed E-state index contributed by atoms with van der Waals surface area (Å²) in [4.78, 5) is 7.05. The van der Waals surface area contributed by atoms with Crippen molar-refractivity contribution in [2.24, 2.45) is 4.99 Å². The van der Waals surface area contributed by atoms with Crippen LogP contribution in [0.3, 0.4) is 0 Å². The van der Waals surface area contributed by atoms with Gasteiger partial charge in [-0.05, 0) is 19.4 Å². The summed E-state index contributed by atoms with van der Waals surface area (Å²) < 4.78 is 34.9. The molecule has 1 fully saturated rings. The molecule has 11 heteroatoms. The molecule has 2 N–H and O–H groups in total. The van der Waals surface area contributed by atoms with Crippen LogP contribution < -0.4 is 10.6 Å². The van der Waals surface area contributed by atoms with Gasteiger partial charge in [0, 0.05) is 57.3 Å². The normalized spacial score (nSPS) is 15.7. The molecular formula is C22H34F2IN7O. The minimum absolute atomic E-state index is 0. The van der Waals surface area contributed by atoms with Crippen molar-refractivity contribution in [1.82, 2.24) is 30.3 Å². The van der Waals surface area contributed by atoms with Crippen LogP contribution in [0, 0.1) is 11.6 Å². The van der Waals surface area contributed by atoms with Gasteiger partial charge in [-0.15, -0.1) is 34.2 Å². The van der Waals surface area contributed by atoms with Gasteiger partial charge in [-0.25, -0.2) is 8.78 Å². The number of aryl methyl sites for hydroxylation is 1. The molecule has 2 aromatic rings. The van der Waals surface area contributed by atoms with Gasteiger partial charge in [0.1, 0.15) is 23.8 Å². The summed E-state index contributed by atoms with van der Waals surface area (Å²) in [6.45, 7) is 10.2. The monoisotopic (exact) mass is 577 g/mol. The summed E-state index contributed by atoms with van der Waals surface area (Å²) in [7, 11) is 0.